The summed E-state index contributed by atoms with van der Waals surface area (Å²) in [6.45, 7) is 0.347. The molecule has 1 fully saturated rings. The number of amides is 1. The first kappa shape index (κ1) is 18.0. The lowest BCUT2D eigenvalue weighted by Gasteiger charge is -2.22. The van der Waals surface area contributed by atoms with Crippen molar-refractivity contribution in [2.45, 2.75) is 42.4 Å². The number of sulfonamides is 1. The quantitative estimate of drug-likeness (QED) is 0.835. The maximum absolute atomic E-state index is 12.9. The van der Waals surface area contributed by atoms with Gasteiger partial charge in [-0.1, -0.05) is 17.7 Å². The Morgan fingerprint density at radius 1 is 1.15 bits per heavy atom. The number of nitrogens with one attached hydrogen (secondary N) is 1. The van der Waals surface area contributed by atoms with Crippen molar-refractivity contribution in [3.8, 4) is 0 Å². The number of thiophene rings is 1. The molecule has 1 aliphatic carbocycles. The first-order chi connectivity index (χ1) is 12.4. The molecule has 5 nitrogen and oxygen atoms in total. The molecule has 1 saturated heterocycles. The summed E-state index contributed by atoms with van der Waals surface area (Å²) in [5.74, 6) is -0.272. The summed E-state index contributed by atoms with van der Waals surface area (Å²) in [5, 5.41) is 2.90. The fourth-order valence-corrected chi connectivity index (χ4v) is 6.99. The van der Waals surface area contributed by atoms with E-state index in [1.807, 2.05) is 12.1 Å². The molecule has 1 amide bonds. The van der Waals surface area contributed by atoms with Crippen LogP contribution in [0.5, 0.6) is 0 Å². The summed E-state index contributed by atoms with van der Waals surface area (Å²) in [6.07, 6.45) is 4.45. The van der Waals surface area contributed by atoms with Gasteiger partial charge in [-0.25, -0.2) is 8.42 Å². The van der Waals surface area contributed by atoms with Crippen LogP contribution in [0.1, 0.15) is 30.4 Å². The molecule has 0 spiro atoms. The number of fused-ring (bicyclic) bond motifs is 1. The molecule has 0 unspecified atom stereocenters. The highest BCUT2D eigenvalue weighted by atomic mass is 35.5. The molecular formula is C18H19ClN2O3S2. The number of carbonyl (C=O) groups is 1. The number of hydrogen-bond donors (Lipinski definition) is 1. The average Bonchev–Trinajstić information content (AvgIpc) is 3.34. The van der Waals surface area contributed by atoms with Gasteiger partial charge in [0.05, 0.1) is 4.34 Å². The maximum atomic E-state index is 12.9. The van der Waals surface area contributed by atoms with E-state index in [2.05, 4.69) is 11.4 Å². The lowest BCUT2D eigenvalue weighted by Crippen LogP contribution is -2.42. The van der Waals surface area contributed by atoms with Crippen molar-refractivity contribution in [1.29, 1.82) is 0 Å². The van der Waals surface area contributed by atoms with Crippen LogP contribution in [0.3, 0.4) is 0 Å². The minimum absolute atomic E-state index is 0.180. The minimum Gasteiger partial charge on any atom is -0.325 e. The van der Waals surface area contributed by atoms with Gasteiger partial charge in [-0.15, -0.1) is 11.3 Å². The molecule has 138 valence electrons. The van der Waals surface area contributed by atoms with Crippen LogP contribution in [0.2, 0.25) is 4.34 Å². The molecule has 1 aromatic heterocycles. The topological polar surface area (TPSA) is 66.5 Å². The Morgan fingerprint density at radius 3 is 2.73 bits per heavy atom. The molecule has 2 heterocycles. The number of nitrogens with zero attached hydrogens (tertiary/aromatic N) is 1. The van der Waals surface area contributed by atoms with E-state index in [0.717, 1.165) is 36.3 Å². The first-order valence-electron chi connectivity index (χ1n) is 8.65. The van der Waals surface area contributed by atoms with Crippen molar-refractivity contribution in [2.24, 2.45) is 0 Å². The van der Waals surface area contributed by atoms with Gasteiger partial charge in [-0.2, -0.15) is 4.31 Å². The Morgan fingerprint density at radius 2 is 1.96 bits per heavy atom. The zero-order valence-corrected chi connectivity index (χ0v) is 16.5. The molecule has 0 bridgehead atoms. The van der Waals surface area contributed by atoms with Gasteiger partial charge >= 0.3 is 0 Å². The van der Waals surface area contributed by atoms with E-state index in [9.17, 15) is 13.2 Å². The minimum atomic E-state index is -3.71. The normalized spacial score (nSPS) is 20.3. The molecule has 26 heavy (non-hydrogen) atoms. The second-order valence-corrected chi connectivity index (χ2v) is 10.5. The van der Waals surface area contributed by atoms with Gasteiger partial charge in [0.25, 0.3) is 10.0 Å². The third kappa shape index (κ3) is 3.29. The number of rotatable bonds is 4. The van der Waals surface area contributed by atoms with E-state index in [1.165, 1.54) is 21.5 Å². The van der Waals surface area contributed by atoms with Gasteiger partial charge in [0.1, 0.15) is 10.3 Å². The van der Waals surface area contributed by atoms with E-state index in [1.54, 1.807) is 6.07 Å². The van der Waals surface area contributed by atoms with Gasteiger partial charge in [-0.3, -0.25) is 4.79 Å². The number of hydrogen-bond acceptors (Lipinski definition) is 4. The molecule has 1 aromatic carbocycles. The number of halogens is 1. The third-order valence-electron chi connectivity index (χ3n) is 4.98. The second kappa shape index (κ2) is 6.96. The van der Waals surface area contributed by atoms with Crippen LogP contribution in [0.4, 0.5) is 5.69 Å². The van der Waals surface area contributed by atoms with Crippen LogP contribution in [0.15, 0.2) is 34.5 Å². The fraction of sp³-hybridized carbons (Fsp3) is 0.389. The Balaban J connectivity index is 1.53. The average molecular weight is 411 g/mol. The third-order valence-corrected chi connectivity index (χ3v) is 8.59. The number of carbonyl (C=O) groups excluding carboxylic acids is 1. The van der Waals surface area contributed by atoms with Crippen molar-refractivity contribution in [3.63, 3.8) is 0 Å². The first-order valence-corrected chi connectivity index (χ1v) is 11.3. The largest absolute Gasteiger partial charge is 0.325 e. The van der Waals surface area contributed by atoms with Crippen molar-refractivity contribution in [1.82, 2.24) is 4.31 Å². The predicted octanol–water partition coefficient (Wildman–Crippen LogP) is 3.68. The van der Waals surface area contributed by atoms with Crippen LogP contribution in [0.25, 0.3) is 0 Å². The van der Waals surface area contributed by atoms with Gasteiger partial charge in [0.2, 0.25) is 5.91 Å². The van der Waals surface area contributed by atoms with Crippen molar-refractivity contribution >= 4 is 44.6 Å². The van der Waals surface area contributed by atoms with E-state index in [-0.39, 0.29) is 10.1 Å². The Bertz CT molecular complexity index is 955. The monoisotopic (exact) mass is 410 g/mol. The highest BCUT2D eigenvalue weighted by Crippen LogP contribution is 2.33. The van der Waals surface area contributed by atoms with Gasteiger partial charge < -0.3 is 5.32 Å². The van der Waals surface area contributed by atoms with Crippen LogP contribution < -0.4 is 5.32 Å². The summed E-state index contributed by atoms with van der Waals surface area (Å²) in [7, 11) is -3.71. The Kier molecular flexibility index (Phi) is 4.81. The summed E-state index contributed by atoms with van der Waals surface area (Å²) in [4.78, 5) is 12.8. The van der Waals surface area contributed by atoms with E-state index in [0.29, 0.717) is 23.7 Å². The van der Waals surface area contributed by atoms with Crippen LogP contribution in [0, 0.1) is 0 Å². The standard InChI is InChI=1S/C18H19ClN2O3S2/c19-16-8-9-17(25-16)26(23,24)21-10-2-5-15(21)18(22)20-14-7-6-12-3-1-4-13(12)11-14/h6-9,11,15H,1-5,10H2,(H,20,22)/t15-/m0/s1. The molecule has 4 rings (SSSR count). The van der Waals surface area contributed by atoms with Crippen LogP contribution in [-0.4, -0.2) is 31.2 Å². The zero-order chi connectivity index (χ0) is 18.3. The molecule has 1 aliphatic heterocycles. The second-order valence-electron chi connectivity index (χ2n) is 6.66. The van der Waals surface area contributed by atoms with Crippen molar-refractivity contribution in [2.75, 3.05) is 11.9 Å². The van der Waals surface area contributed by atoms with Gasteiger partial charge in [0, 0.05) is 12.2 Å². The lowest BCUT2D eigenvalue weighted by atomic mass is 10.1. The van der Waals surface area contributed by atoms with E-state index < -0.39 is 16.1 Å². The van der Waals surface area contributed by atoms with Crippen molar-refractivity contribution in [3.05, 3.63) is 45.8 Å². The van der Waals surface area contributed by atoms with Gasteiger partial charge in [0.15, 0.2) is 0 Å². The number of anilines is 1. The van der Waals surface area contributed by atoms with Crippen molar-refractivity contribution < 1.29 is 13.2 Å². The summed E-state index contributed by atoms with van der Waals surface area (Å²) < 4.78 is 27.6. The fourth-order valence-electron chi connectivity index (χ4n) is 3.72. The summed E-state index contributed by atoms with van der Waals surface area (Å²) >= 11 is 6.90. The van der Waals surface area contributed by atoms with Crippen LogP contribution >= 0.6 is 22.9 Å². The predicted molar refractivity (Wildman–Crippen MR) is 103 cm³/mol. The Labute approximate surface area is 162 Å². The van der Waals surface area contributed by atoms with Gasteiger partial charge in [-0.05, 0) is 67.5 Å². The molecule has 8 heteroatoms. The molecule has 1 atom stereocenters. The highest BCUT2D eigenvalue weighted by Gasteiger charge is 2.40. The molecule has 0 saturated carbocycles. The zero-order valence-electron chi connectivity index (χ0n) is 14.1. The Hall–Kier alpha value is -1.41. The SMILES string of the molecule is O=C(Nc1ccc2c(c1)CCC2)[C@@H]1CCCN1S(=O)(=O)c1ccc(Cl)s1. The molecule has 0 radical (unpaired) electrons. The number of aryl methyl sites for hydroxylation is 2. The van der Waals surface area contributed by atoms with E-state index in [4.69, 9.17) is 11.6 Å². The summed E-state index contributed by atoms with van der Waals surface area (Å²) in [5.41, 5.74) is 3.34. The maximum Gasteiger partial charge on any atom is 0.253 e. The highest BCUT2D eigenvalue weighted by molar-refractivity contribution is 7.91. The smallest absolute Gasteiger partial charge is 0.253 e. The lowest BCUT2D eigenvalue weighted by molar-refractivity contribution is -0.119. The molecule has 2 aromatic rings. The van der Waals surface area contributed by atoms with Crippen LogP contribution in [-0.2, 0) is 27.7 Å². The van der Waals surface area contributed by atoms with E-state index >= 15 is 0 Å². The number of benzene rings is 1. The molecule has 2 aliphatic rings. The molecule has 1 N–H and O–H groups in total. The summed E-state index contributed by atoms with van der Waals surface area (Å²) in [6, 6.07) is 8.33. The molecular weight excluding hydrogens is 392 g/mol.